The summed E-state index contributed by atoms with van der Waals surface area (Å²) in [5.41, 5.74) is 6.32. The minimum absolute atomic E-state index is 0.0468. The second-order valence-electron chi connectivity index (χ2n) is 7.48. The minimum atomic E-state index is 0.0468. The van der Waals surface area contributed by atoms with Gasteiger partial charge in [0, 0.05) is 12.5 Å². The fourth-order valence-corrected chi connectivity index (χ4v) is 4.74. The van der Waals surface area contributed by atoms with Gasteiger partial charge in [-0.05, 0) is 43.2 Å². The van der Waals surface area contributed by atoms with Gasteiger partial charge in [0.1, 0.15) is 11.8 Å². The molecule has 0 spiro atoms. The summed E-state index contributed by atoms with van der Waals surface area (Å²) in [6, 6.07) is 0. The van der Waals surface area contributed by atoms with E-state index in [0.717, 1.165) is 23.7 Å². The van der Waals surface area contributed by atoms with Crippen LogP contribution < -0.4 is 5.32 Å². The quantitative estimate of drug-likeness (QED) is 0.745. The summed E-state index contributed by atoms with van der Waals surface area (Å²) < 4.78 is 6.16. The van der Waals surface area contributed by atoms with Gasteiger partial charge >= 0.3 is 0 Å². The maximum atomic E-state index is 9.10. The van der Waals surface area contributed by atoms with Gasteiger partial charge in [-0.25, -0.2) is 15.0 Å². The van der Waals surface area contributed by atoms with E-state index < -0.39 is 0 Å². The summed E-state index contributed by atoms with van der Waals surface area (Å²) in [4.78, 5) is 13.8. The van der Waals surface area contributed by atoms with Crippen LogP contribution in [0.15, 0.2) is 10.7 Å². The standard InChI is InChI=1S/C20H24N4O2/c25-10-9-21-19-18-17(22-11-23-19)15-13-7-4-8-14(13)16(24-20(15)26-18)12-5-2-1-3-6-12/h11-12,25H,1-10H2,(H,21,22,23). The van der Waals surface area contributed by atoms with Crippen LogP contribution in [0.25, 0.3) is 22.2 Å². The Morgan fingerprint density at radius 2 is 1.92 bits per heavy atom. The molecule has 3 aromatic heterocycles. The molecule has 5 rings (SSSR count). The number of hydrogen-bond acceptors (Lipinski definition) is 6. The molecule has 0 saturated heterocycles. The molecular formula is C20H24N4O2. The average Bonchev–Trinajstić information content (AvgIpc) is 3.30. The Bertz CT molecular complexity index is 959. The summed E-state index contributed by atoms with van der Waals surface area (Å²) in [7, 11) is 0. The number of rotatable bonds is 4. The zero-order chi connectivity index (χ0) is 17.5. The number of aryl methyl sites for hydroxylation is 1. The van der Waals surface area contributed by atoms with Crippen molar-refractivity contribution in [3.63, 3.8) is 0 Å². The summed E-state index contributed by atoms with van der Waals surface area (Å²) >= 11 is 0. The van der Waals surface area contributed by atoms with E-state index in [9.17, 15) is 0 Å². The molecule has 1 fully saturated rings. The number of anilines is 1. The number of fused-ring (bicyclic) bond motifs is 5. The van der Waals surface area contributed by atoms with E-state index in [1.807, 2.05) is 0 Å². The van der Waals surface area contributed by atoms with Crippen molar-refractivity contribution in [2.24, 2.45) is 0 Å². The van der Waals surface area contributed by atoms with Crippen molar-refractivity contribution in [2.45, 2.75) is 57.3 Å². The van der Waals surface area contributed by atoms with Crippen molar-refractivity contribution in [1.29, 1.82) is 0 Å². The molecule has 26 heavy (non-hydrogen) atoms. The van der Waals surface area contributed by atoms with Crippen LogP contribution in [0.5, 0.6) is 0 Å². The first-order chi connectivity index (χ1) is 12.9. The lowest BCUT2D eigenvalue weighted by atomic mass is 9.84. The van der Waals surface area contributed by atoms with Gasteiger partial charge in [-0.15, -0.1) is 0 Å². The van der Waals surface area contributed by atoms with Crippen molar-refractivity contribution >= 4 is 28.0 Å². The van der Waals surface area contributed by atoms with Crippen LogP contribution in [0.1, 0.15) is 61.3 Å². The molecule has 6 heteroatoms. The molecule has 6 nitrogen and oxygen atoms in total. The Labute approximate surface area is 152 Å². The zero-order valence-electron chi connectivity index (χ0n) is 14.9. The molecule has 3 heterocycles. The van der Waals surface area contributed by atoms with Gasteiger partial charge in [-0.1, -0.05) is 19.3 Å². The van der Waals surface area contributed by atoms with Crippen LogP contribution in [0.2, 0.25) is 0 Å². The molecule has 136 valence electrons. The molecule has 0 amide bonds. The third kappa shape index (κ3) is 2.47. The predicted molar refractivity (Wildman–Crippen MR) is 101 cm³/mol. The summed E-state index contributed by atoms with van der Waals surface area (Å²) in [5, 5.41) is 13.3. The van der Waals surface area contributed by atoms with Gasteiger partial charge in [0.15, 0.2) is 11.4 Å². The van der Waals surface area contributed by atoms with Gasteiger partial charge in [0.05, 0.1) is 17.7 Å². The molecule has 2 aliphatic carbocycles. The Hall–Kier alpha value is -2.21. The number of aromatic nitrogens is 3. The summed E-state index contributed by atoms with van der Waals surface area (Å²) in [5.74, 6) is 1.21. The normalized spacial score (nSPS) is 17.9. The Kier molecular flexibility index (Phi) is 4.00. The molecule has 0 bridgehead atoms. The van der Waals surface area contributed by atoms with Crippen LogP contribution in [0.4, 0.5) is 5.82 Å². The molecular weight excluding hydrogens is 328 g/mol. The van der Waals surface area contributed by atoms with Crippen molar-refractivity contribution in [3.8, 4) is 0 Å². The highest BCUT2D eigenvalue weighted by atomic mass is 16.3. The highest BCUT2D eigenvalue weighted by Crippen LogP contribution is 2.42. The van der Waals surface area contributed by atoms with E-state index in [1.54, 1.807) is 6.33 Å². The number of hydrogen-bond donors (Lipinski definition) is 2. The number of nitrogens with one attached hydrogen (secondary N) is 1. The maximum Gasteiger partial charge on any atom is 0.229 e. The number of pyridine rings is 1. The highest BCUT2D eigenvalue weighted by molar-refractivity contribution is 6.06. The highest BCUT2D eigenvalue weighted by Gasteiger charge is 2.29. The molecule has 0 aliphatic heterocycles. The lowest BCUT2D eigenvalue weighted by Gasteiger charge is -2.23. The monoisotopic (exact) mass is 352 g/mol. The third-order valence-electron chi connectivity index (χ3n) is 5.90. The molecule has 0 radical (unpaired) electrons. The summed E-state index contributed by atoms with van der Waals surface area (Å²) in [6.45, 7) is 0.479. The second kappa shape index (κ2) is 6.50. The van der Waals surface area contributed by atoms with E-state index in [-0.39, 0.29) is 6.61 Å². The number of aliphatic hydroxyl groups is 1. The molecule has 0 unspecified atom stereocenters. The Balaban J connectivity index is 1.72. The number of nitrogens with zero attached hydrogens (tertiary/aromatic N) is 3. The topological polar surface area (TPSA) is 84.1 Å². The average molecular weight is 352 g/mol. The SMILES string of the molecule is OCCNc1ncnc2c1oc1nc(C3CCCCC3)c3c(c12)CCC3. The molecule has 3 aromatic rings. The first-order valence-corrected chi connectivity index (χ1v) is 9.80. The number of aliphatic hydroxyl groups excluding tert-OH is 1. The van der Waals surface area contributed by atoms with Crippen molar-refractivity contribution < 1.29 is 9.52 Å². The van der Waals surface area contributed by atoms with Gasteiger partial charge in [-0.2, -0.15) is 0 Å². The maximum absolute atomic E-state index is 9.10. The van der Waals surface area contributed by atoms with E-state index in [1.165, 1.54) is 55.3 Å². The second-order valence-corrected chi connectivity index (χ2v) is 7.48. The largest absolute Gasteiger partial charge is 0.432 e. The van der Waals surface area contributed by atoms with E-state index in [2.05, 4.69) is 15.3 Å². The van der Waals surface area contributed by atoms with Gasteiger partial charge in [0.25, 0.3) is 0 Å². The van der Waals surface area contributed by atoms with Crippen LogP contribution in [0, 0.1) is 0 Å². The van der Waals surface area contributed by atoms with Crippen LogP contribution in [-0.2, 0) is 12.8 Å². The fraction of sp³-hybridized carbons (Fsp3) is 0.550. The molecule has 1 saturated carbocycles. The van der Waals surface area contributed by atoms with E-state index in [0.29, 0.717) is 29.6 Å². The lowest BCUT2D eigenvalue weighted by molar-refractivity contribution is 0.311. The van der Waals surface area contributed by atoms with E-state index >= 15 is 0 Å². The molecule has 2 N–H and O–H groups in total. The van der Waals surface area contributed by atoms with Crippen molar-refractivity contribution in [3.05, 3.63) is 23.1 Å². The van der Waals surface area contributed by atoms with E-state index in [4.69, 9.17) is 14.5 Å². The first kappa shape index (κ1) is 16.0. The third-order valence-corrected chi connectivity index (χ3v) is 5.90. The smallest absolute Gasteiger partial charge is 0.229 e. The van der Waals surface area contributed by atoms with Crippen molar-refractivity contribution in [2.75, 3.05) is 18.5 Å². The van der Waals surface area contributed by atoms with Crippen LogP contribution >= 0.6 is 0 Å². The van der Waals surface area contributed by atoms with Gasteiger partial charge < -0.3 is 14.8 Å². The lowest BCUT2D eigenvalue weighted by Crippen LogP contribution is -2.10. The van der Waals surface area contributed by atoms with Crippen molar-refractivity contribution in [1.82, 2.24) is 15.0 Å². The molecule has 2 aliphatic rings. The Morgan fingerprint density at radius 1 is 1.08 bits per heavy atom. The molecule has 0 aromatic carbocycles. The molecule has 0 atom stereocenters. The van der Waals surface area contributed by atoms with Gasteiger partial charge in [0.2, 0.25) is 5.71 Å². The predicted octanol–water partition coefficient (Wildman–Crippen LogP) is 3.71. The van der Waals surface area contributed by atoms with Crippen LogP contribution in [-0.4, -0.2) is 33.2 Å². The minimum Gasteiger partial charge on any atom is -0.432 e. The van der Waals surface area contributed by atoms with Gasteiger partial charge in [-0.3, -0.25) is 0 Å². The Morgan fingerprint density at radius 3 is 2.77 bits per heavy atom. The zero-order valence-corrected chi connectivity index (χ0v) is 14.9. The number of furan rings is 1. The van der Waals surface area contributed by atoms with Crippen LogP contribution in [0.3, 0.4) is 0 Å². The summed E-state index contributed by atoms with van der Waals surface area (Å²) in [6.07, 6.45) is 11.4. The fourth-order valence-electron chi connectivity index (χ4n) is 4.74. The first-order valence-electron chi connectivity index (χ1n) is 9.80.